The number of rotatable bonds is 1. The molecule has 1 aromatic rings. The van der Waals surface area contributed by atoms with Crippen molar-refractivity contribution in [2.45, 2.75) is 12.0 Å². The second-order valence-electron chi connectivity index (χ2n) is 7.27. The first kappa shape index (κ1) is 8.98. The molecule has 2 N–H and O–H groups in total. The van der Waals surface area contributed by atoms with Gasteiger partial charge in [0.2, 0.25) is 0 Å². The van der Waals surface area contributed by atoms with E-state index >= 15 is 0 Å². The van der Waals surface area contributed by atoms with Gasteiger partial charge >= 0.3 is 0 Å². The maximum absolute atomic E-state index is 11.3. The van der Waals surface area contributed by atoms with Crippen molar-refractivity contribution in [1.82, 2.24) is 0 Å². The molecule has 6 saturated carbocycles. The van der Waals surface area contributed by atoms with Gasteiger partial charge in [0.15, 0.2) is 0 Å². The van der Waals surface area contributed by atoms with Gasteiger partial charge in [0.25, 0.3) is 0 Å². The zero-order chi connectivity index (χ0) is 11.8. The second-order valence-corrected chi connectivity index (χ2v) is 7.27. The summed E-state index contributed by atoms with van der Waals surface area (Å²) in [5, 5.41) is 21.4. The molecule has 6 aliphatic carbocycles. The highest BCUT2D eigenvalue weighted by Gasteiger charge is 2.91. The van der Waals surface area contributed by atoms with Gasteiger partial charge in [-0.15, -0.1) is 0 Å². The third-order valence-corrected chi connectivity index (χ3v) is 7.42. The van der Waals surface area contributed by atoms with Crippen LogP contribution in [0.5, 0.6) is 5.75 Å². The van der Waals surface area contributed by atoms with Crippen molar-refractivity contribution in [3.05, 3.63) is 29.8 Å². The Kier molecular flexibility index (Phi) is 1.12. The summed E-state index contributed by atoms with van der Waals surface area (Å²) >= 11 is 0. The van der Waals surface area contributed by atoms with E-state index < -0.39 is 5.60 Å². The highest BCUT2D eigenvalue weighted by atomic mass is 16.3. The molecule has 6 fully saturated rings. The van der Waals surface area contributed by atoms with E-state index in [0.717, 1.165) is 41.1 Å². The van der Waals surface area contributed by atoms with E-state index in [1.54, 1.807) is 6.07 Å². The lowest BCUT2D eigenvalue weighted by molar-refractivity contribution is -0.127. The summed E-state index contributed by atoms with van der Waals surface area (Å²) in [5.41, 5.74) is 0.127. The molecule has 0 heterocycles. The van der Waals surface area contributed by atoms with Crippen LogP contribution in [0, 0.1) is 47.3 Å². The zero-order valence-electron chi connectivity index (χ0n) is 10.0. The molecule has 0 amide bonds. The SMILES string of the molecule is Oc1ccccc1C1(O)C2[C@H]3C4CC5[C@H]3C1[C@H]5[C@H]42. The molecule has 0 aromatic heterocycles. The normalized spacial score (nSPS) is 64.1. The first-order valence-electron chi connectivity index (χ1n) is 7.25. The van der Waals surface area contributed by atoms with E-state index in [-0.39, 0.29) is 0 Å². The Labute approximate surface area is 106 Å². The summed E-state index contributed by atoms with van der Waals surface area (Å²) in [6, 6.07) is 7.46. The predicted molar refractivity (Wildman–Crippen MR) is 64.5 cm³/mol. The minimum absolute atomic E-state index is 0.297. The van der Waals surface area contributed by atoms with Crippen molar-refractivity contribution in [3.8, 4) is 5.75 Å². The lowest BCUT2D eigenvalue weighted by atomic mass is 9.45. The summed E-state index contributed by atoms with van der Waals surface area (Å²) in [5.74, 6) is 6.27. The van der Waals surface area contributed by atoms with Crippen LogP contribution in [0.4, 0.5) is 0 Å². The van der Waals surface area contributed by atoms with Gasteiger partial charge in [0, 0.05) is 5.56 Å². The van der Waals surface area contributed by atoms with Crippen LogP contribution in [0.1, 0.15) is 12.0 Å². The number of aromatic hydroxyl groups is 1. The van der Waals surface area contributed by atoms with E-state index in [0.29, 0.717) is 17.6 Å². The van der Waals surface area contributed by atoms with Crippen molar-refractivity contribution in [1.29, 1.82) is 0 Å². The minimum Gasteiger partial charge on any atom is -0.508 e. The van der Waals surface area contributed by atoms with Crippen molar-refractivity contribution < 1.29 is 10.2 Å². The third-order valence-electron chi connectivity index (χ3n) is 7.42. The van der Waals surface area contributed by atoms with Crippen LogP contribution in [0.25, 0.3) is 0 Å². The zero-order valence-corrected chi connectivity index (χ0v) is 10.0. The summed E-state index contributed by atoms with van der Waals surface area (Å²) in [6.07, 6.45) is 1.45. The number of hydrogen-bond acceptors (Lipinski definition) is 2. The number of aliphatic hydroxyl groups is 1. The van der Waals surface area contributed by atoms with E-state index in [4.69, 9.17) is 0 Å². The topological polar surface area (TPSA) is 40.5 Å². The monoisotopic (exact) mass is 240 g/mol. The minimum atomic E-state index is -0.691. The number of hydrogen-bond donors (Lipinski definition) is 2. The molecular formula is C16H16O2. The summed E-state index contributed by atoms with van der Waals surface area (Å²) in [6.45, 7) is 0. The summed E-state index contributed by atoms with van der Waals surface area (Å²) in [4.78, 5) is 0. The van der Waals surface area contributed by atoms with Crippen LogP contribution in [-0.4, -0.2) is 10.2 Å². The number of benzene rings is 1. The Hall–Kier alpha value is -1.02. The number of phenols is 1. The Bertz CT molecular complexity index is 549. The maximum atomic E-state index is 11.3. The van der Waals surface area contributed by atoms with Crippen LogP contribution in [0.15, 0.2) is 24.3 Å². The highest BCUT2D eigenvalue weighted by molar-refractivity contribution is 5.47. The highest BCUT2D eigenvalue weighted by Crippen LogP contribution is 2.92. The van der Waals surface area contributed by atoms with Crippen LogP contribution >= 0.6 is 0 Å². The average Bonchev–Trinajstić information content (AvgIpc) is 2.86. The van der Waals surface area contributed by atoms with Crippen molar-refractivity contribution >= 4 is 0 Å². The largest absolute Gasteiger partial charge is 0.508 e. The van der Waals surface area contributed by atoms with E-state index in [2.05, 4.69) is 0 Å². The van der Waals surface area contributed by atoms with Gasteiger partial charge in [-0.2, -0.15) is 0 Å². The molecule has 2 heteroatoms. The molecule has 92 valence electrons. The molecule has 1 unspecified atom stereocenters. The Morgan fingerprint density at radius 2 is 1.50 bits per heavy atom. The Morgan fingerprint density at radius 3 is 2.06 bits per heavy atom. The van der Waals surface area contributed by atoms with Crippen LogP contribution in [0.2, 0.25) is 0 Å². The fraction of sp³-hybridized carbons (Fsp3) is 0.625. The van der Waals surface area contributed by atoms with Gasteiger partial charge < -0.3 is 10.2 Å². The number of phenolic OH excluding ortho intramolecular Hbond substituents is 1. The molecule has 1 aromatic carbocycles. The van der Waals surface area contributed by atoms with E-state index in [1.807, 2.05) is 18.2 Å². The molecular weight excluding hydrogens is 224 g/mol. The first-order chi connectivity index (χ1) is 8.74. The van der Waals surface area contributed by atoms with Gasteiger partial charge in [-0.3, -0.25) is 0 Å². The number of para-hydroxylation sites is 1. The molecule has 18 heavy (non-hydrogen) atoms. The summed E-state index contributed by atoms with van der Waals surface area (Å²) < 4.78 is 0. The van der Waals surface area contributed by atoms with Gasteiger partial charge in [0.05, 0.1) is 5.60 Å². The van der Waals surface area contributed by atoms with Crippen molar-refractivity contribution in [2.75, 3.05) is 0 Å². The molecule has 4 bridgehead atoms. The molecule has 7 rings (SSSR count). The van der Waals surface area contributed by atoms with Crippen LogP contribution < -0.4 is 0 Å². The molecule has 0 saturated heterocycles. The molecule has 0 aliphatic heterocycles. The van der Waals surface area contributed by atoms with Crippen LogP contribution in [-0.2, 0) is 5.60 Å². The van der Waals surface area contributed by atoms with Gasteiger partial charge in [-0.05, 0) is 59.8 Å². The van der Waals surface area contributed by atoms with Crippen LogP contribution in [0.3, 0.4) is 0 Å². The van der Waals surface area contributed by atoms with Gasteiger partial charge in [-0.25, -0.2) is 0 Å². The molecule has 5 atom stereocenters. The average molecular weight is 240 g/mol. The maximum Gasteiger partial charge on any atom is 0.121 e. The van der Waals surface area contributed by atoms with Gasteiger partial charge in [-0.1, -0.05) is 18.2 Å². The molecule has 6 aliphatic rings. The second kappa shape index (κ2) is 2.24. The first-order valence-corrected chi connectivity index (χ1v) is 7.25. The lowest BCUT2D eigenvalue weighted by Crippen LogP contribution is -2.56. The van der Waals surface area contributed by atoms with Crippen molar-refractivity contribution in [3.63, 3.8) is 0 Å². The molecule has 2 nitrogen and oxygen atoms in total. The fourth-order valence-corrected chi connectivity index (χ4v) is 7.41. The van der Waals surface area contributed by atoms with E-state index in [9.17, 15) is 10.2 Å². The quantitative estimate of drug-likeness (QED) is 0.788. The molecule has 0 radical (unpaired) electrons. The Balaban J connectivity index is 1.59. The summed E-state index contributed by atoms with van der Waals surface area (Å²) in [7, 11) is 0. The van der Waals surface area contributed by atoms with Crippen molar-refractivity contribution in [2.24, 2.45) is 47.3 Å². The van der Waals surface area contributed by atoms with E-state index in [1.165, 1.54) is 6.42 Å². The Morgan fingerprint density at radius 1 is 0.944 bits per heavy atom. The fourth-order valence-electron chi connectivity index (χ4n) is 7.41. The van der Waals surface area contributed by atoms with Gasteiger partial charge in [0.1, 0.15) is 5.75 Å². The molecule has 0 spiro atoms. The lowest BCUT2D eigenvalue weighted by Gasteiger charge is -2.58. The predicted octanol–water partition coefficient (Wildman–Crippen LogP) is 1.97. The smallest absolute Gasteiger partial charge is 0.121 e. The standard InChI is InChI=1S/C16H16O2/c17-9-4-2-1-3-8(9)16(18)14-10-6-5-7-12(10)15(16)13(7)11(6)14/h1-4,6-7,10-15,17-18H,5H2/t6?,7?,10-,11-,12+,13+,14?,15?,16?. The third kappa shape index (κ3) is 0.565.